The fraction of sp³-hybridized carbons (Fsp3) is 0.143. The Labute approximate surface area is 163 Å². The molecule has 24 heavy (non-hydrogen) atoms. The molecule has 0 saturated carbocycles. The highest BCUT2D eigenvalue weighted by molar-refractivity contribution is 9.11. The van der Waals surface area contributed by atoms with Gasteiger partial charge in [0.1, 0.15) is 0 Å². The highest BCUT2D eigenvalue weighted by atomic mass is 79.9. The summed E-state index contributed by atoms with van der Waals surface area (Å²) >= 11 is 9.69. The van der Waals surface area contributed by atoms with Gasteiger partial charge >= 0.3 is 0 Å². The van der Waals surface area contributed by atoms with E-state index in [0.29, 0.717) is 0 Å². The van der Waals surface area contributed by atoms with E-state index in [1.807, 2.05) is 24.3 Å². The largest absolute Gasteiger partial charge is 0.273 e. The quantitative estimate of drug-likeness (QED) is 0.457. The van der Waals surface area contributed by atoms with E-state index in [-0.39, 0.29) is 24.7 Å². The van der Waals surface area contributed by atoms with Crippen LogP contribution in [0.2, 0.25) is 0 Å². The molecule has 0 atom stereocenters. The summed E-state index contributed by atoms with van der Waals surface area (Å²) in [6.07, 6.45) is 3.18. The van der Waals surface area contributed by atoms with Crippen LogP contribution in [-0.2, 0) is 9.59 Å². The number of carbonyl (C=O) groups is 2. The number of hydrogen-bond acceptors (Lipinski definition) is 6. The normalized spacial score (nSPS) is 11.2. The van der Waals surface area contributed by atoms with Crippen molar-refractivity contribution in [1.29, 1.82) is 0 Å². The van der Waals surface area contributed by atoms with Gasteiger partial charge in [0, 0.05) is 22.6 Å². The zero-order valence-corrected chi connectivity index (χ0v) is 17.0. The Hall–Kier alpha value is -1.36. The van der Waals surface area contributed by atoms with Crippen molar-refractivity contribution in [2.75, 3.05) is 0 Å². The molecule has 0 spiro atoms. The van der Waals surface area contributed by atoms with E-state index in [1.54, 1.807) is 12.4 Å². The molecule has 0 aliphatic rings. The smallest absolute Gasteiger partial charge is 0.240 e. The third kappa shape index (κ3) is 7.04. The van der Waals surface area contributed by atoms with Gasteiger partial charge in [0.05, 0.1) is 20.0 Å². The van der Waals surface area contributed by atoms with Gasteiger partial charge in [0.25, 0.3) is 0 Å². The molecule has 6 nitrogen and oxygen atoms in total. The van der Waals surface area contributed by atoms with Crippen LogP contribution in [0.3, 0.4) is 0 Å². The average molecular weight is 492 g/mol. The maximum Gasteiger partial charge on any atom is 0.240 e. The lowest BCUT2D eigenvalue weighted by Crippen LogP contribution is -2.22. The molecule has 0 aromatic carbocycles. The van der Waals surface area contributed by atoms with Gasteiger partial charge in [-0.05, 0) is 56.1 Å². The molecule has 126 valence electrons. The highest BCUT2D eigenvalue weighted by Crippen LogP contribution is 2.20. The lowest BCUT2D eigenvalue weighted by atomic mass is 10.3. The molecule has 2 aromatic rings. The summed E-state index contributed by atoms with van der Waals surface area (Å²) in [7, 11) is 0. The summed E-state index contributed by atoms with van der Waals surface area (Å²) in [6, 6.07) is 7.55. The van der Waals surface area contributed by atoms with E-state index in [0.717, 1.165) is 17.3 Å². The lowest BCUT2D eigenvalue weighted by Gasteiger charge is -1.99. The number of amides is 2. The first-order chi connectivity index (χ1) is 11.5. The number of halogens is 2. The van der Waals surface area contributed by atoms with Gasteiger partial charge in [-0.3, -0.25) is 9.59 Å². The molecule has 10 heteroatoms. The average Bonchev–Trinajstić information content (AvgIpc) is 3.14. The van der Waals surface area contributed by atoms with Gasteiger partial charge in [-0.1, -0.05) is 0 Å². The predicted molar refractivity (Wildman–Crippen MR) is 105 cm³/mol. The molecular formula is C14H12Br2N4O2S2. The molecule has 2 rings (SSSR count). The maximum atomic E-state index is 11.6. The first-order valence-electron chi connectivity index (χ1n) is 6.67. The second kappa shape index (κ2) is 9.82. The second-order valence-electron chi connectivity index (χ2n) is 4.37. The number of hydrazone groups is 2. The number of nitrogens with zero attached hydrogens (tertiary/aromatic N) is 2. The summed E-state index contributed by atoms with van der Waals surface area (Å²) in [6.45, 7) is 0. The van der Waals surface area contributed by atoms with Crippen molar-refractivity contribution in [3.8, 4) is 0 Å². The molecule has 0 fully saturated rings. The van der Waals surface area contributed by atoms with Crippen LogP contribution in [0.25, 0.3) is 0 Å². The summed E-state index contributed by atoms with van der Waals surface area (Å²) in [5, 5.41) is 7.68. The predicted octanol–water partition coefficient (Wildman–Crippen LogP) is 3.72. The zero-order chi connectivity index (χ0) is 17.4. The summed E-state index contributed by atoms with van der Waals surface area (Å²) < 4.78 is 1.98. The minimum absolute atomic E-state index is 0.0391. The number of rotatable bonds is 7. The number of thiophene rings is 2. The van der Waals surface area contributed by atoms with Crippen LogP contribution < -0.4 is 10.9 Å². The van der Waals surface area contributed by atoms with E-state index >= 15 is 0 Å². The standard InChI is InChI=1S/C14H12Br2N4O2S2/c15-11-3-1-9(23-11)7-17-19-13(21)5-6-14(22)20-18-8-10-2-4-12(16)24-10/h1-4,7-8H,5-6H2,(H,19,21)(H,20,22)/b17-7-,18-8-. The van der Waals surface area contributed by atoms with Gasteiger partial charge in [-0.2, -0.15) is 10.2 Å². The molecule has 2 N–H and O–H groups in total. The van der Waals surface area contributed by atoms with E-state index in [2.05, 4.69) is 52.9 Å². The fourth-order valence-electron chi connectivity index (χ4n) is 1.47. The zero-order valence-electron chi connectivity index (χ0n) is 12.2. The van der Waals surface area contributed by atoms with Crippen molar-refractivity contribution in [3.63, 3.8) is 0 Å². The third-order valence-electron chi connectivity index (χ3n) is 2.53. The van der Waals surface area contributed by atoms with Crippen LogP contribution in [-0.4, -0.2) is 24.2 Å². The van der Waals surface area contributed by atoms with Crippen molar-refractivity contribution in [2.24, 2.45) is 10.2 Å². The van der Waals surface area contributed by atoms with E-state index in [9.17, 15) is 9.59 Å². The first-order valence-corrected chi connectivity index (χ1v) is 9.89. The molecular weight excluding hydrogens is 480 g/mol. The monoisotopic (exact) mass is 490 g/mol. The molecule has 0 aliphatic heterocycles. The van der Waals surface area contributed by atoms with Gasteiger partial charge < -0.3 is 0 Å². The van der Waals surface area contributed by atoms with Crippen molar-refractivity contribution in [3.05, 3.63) is 41.6 Å². The van der Waals surface area contributed by atoms with Crippen LogP contribution in [0.5, 0.6) is 0 Å². The number of hydrogen-bond donors (Lipinski definition) is 2. The van der Waals surface area contributed by atoms with Gasteiger partial charge in [-0.25, -0.2) is 10.9 Å². The third-order valence-corrected chi connectivity index (χ3v) is 5.65. The Morgan fingerprint density at radius 2 is 1.29 bits per heavy atom. The van der Waals surface area contributed by atoms with Crippen molar-refractivity contribution >= 4 is 78.8 Å². The van der Waals surface area contributed by atoms with Crippen LogP contribution in [0.4, 0.5) is 0 Å². The minimum atomic E-state index is -0.330. The number of nitrogens with one attached hydrogen (secondary N) is 2. The minimum Gasteiger partial charge on any atom is -0.273 e. The molecule has 2 heterocycles. The van der Waals surface area contributed by atoms with E-state index in [1.165, 1.54) is 22.7 Å². The fourth-order valence-corrected chi connectivity index (χ4v) is 4.06. The Kier molecular flexibility index (Phi) is 7.76. The van der Waals surface area contributed by atoms with Crippen molar-refractivity contribution in [1.82, 2.24) is 10.9 Å². The van der Waals surface area contributed by atoms with Gasteiger partial charge in [-0.15, -0.1) is 22.7 Å². The molecule has 0 unspecified atom stereocenters. The Balaban J connectivity index is 1.64. The SMILES string of the molecule is O=C(CCC(=O)N/N=C\c1ccc(Br)s1)N/N=C\c1ccc(Br)s1. The second-order valence-corrected chi connectivity index (χ2v) is 9.36. The Morgan fingerprint density at radius 1 is 0.875 bits per heavy atom. The van der Waals surface area contributed by atoms with Gasteiger partial charge in [0.2, 0.25) is 11.8 Å². The highest BCUT2D eigenvalue weighted by Gasteiger charge is 2.05. The molecule has 2 amide bonds. The summed E-state index contributed by atoms with van der Waals surface area (Å²) in [4.78, 5) is 25.0. The first kappa shape index (κ1) is 19.0. The number of carbonyl (C=O) groups excluding carboxylic acids is 2. The topological polar surface area (TPSA) is 82.9 Å². The Morgan fingerprint density at radius 3 is 1.62 bits per heavy atom. The van der Waals surface area contributed by atoms with Crippen molar-refractivity contribution in [2.45, 2.75) is 12.8 Å². The van der Waals surface area contributed by atoms with Crippen LogP contribution in [0.1, 0.15) is 22.6 Å². The van der Waals surface area contributed by atoms with Crippen LogP contribution in [0, 0.1) is 0 Å². The van der Waals surface area contributed by atoms with Crippen LogP contribution in [0.15, 0.2) is 42.0 Å². The molecule has 0 radical (unpaired) electrons. The van der Waals surface area contributed by atoms with Crippen LogP contribution >= 0.6 is 54.5 Å². The lowest BCUT2D eigenvalue weighted by molar-refractivity contribution is -0.126. The van der Waals surface area contributed by atoms with E-state index in [4.69, 9.17) is 0 Å². The molecule has 0 bridgehead atoms. The van der Waals surface area contributed by atoms with E-state index < -0.39 is 0 Å². The molecule has 0 saturated heterocycles. The Bertz CT molecular complexity index is 706. The van der Waals surface area contributed by atoms with Gasteiger partial charge in [0.15, 0.2) is 0 Å². The molecule has 0 aliphatic carbocycles. The summed E-state index contributed by atoms with van der Waals surface area (Å²) in [5.41, 5.74) is 4.76. The maximum absolute atomic E-state index is 11.6. The van der Waals surface area contributed by atoms with Crippen molar-refractivity contribution < 1.29 is 9.59 Å². The molecule has 2 aromatic heterocycles. The summed E-state index contributed by atoms with van der Waals surface area (Å²) in [5.74, 6) is -0.661.